The molecule has 0 radical (unpaired) electrons. The highest BCUT2D eigenvalue weighted by atomic mass is 19.4. The molecule has 0 atom stereocenters. The summed E-state index contributed by atoms with van der Waals surface area (Å²) in [6, 6.07) is 3.01. The van der Waals surface area contributed by atoms with Gasteiger partial charge in [0.25, 0.3) is 0 Å². The normalized spacial score (nSPS) is 18.6. The molecule has 0 aromatic carbocycles. The maximum atomic E-state index is 12.7. The number of pyridine rings is 1. The molecule has 0 saturated heterocycles. The summed E-state index contributed by atoms with van der Waals surface area (Å²) in [5, 5.41) is 0. The predicted octanol–water partition coefficient (Wildman–Crippen LogP) is 2.98. The number of halogens is 3. The van der Waals surface area contributed by atoms with Crippen molar-refractivity contribution in [2.24, 2.45) is 5.92 Å². The topological polar surface area (TPSA) is 51.4 Å². The first kappa shape index (κ1) is 14.3. The van der Waals surface area contributed by atoms with Crippen LogP contribution in [0.1, 0.15) is 25.7 Å². The number of alkyl halides is 3. The predicted molar refractivity (Wildman–Crippen MR) is 73.3 cm³/mol. The van der Waals surface area contributed by atoms with Crippen LogP contribution in [0.15, 0.2) is 12.1 Å². The second kappa shape index (κ2) is 5.27. The number of nitrogens with two attached hydrogens (primary N) is 1. The number of hydrogen-bond acceptors (Lipinski definition) is 4. The van der Waals surface area contributed by atoms with Crippen LogP contribution >= 0.6 is 0 Å². The summed E-state index contributed by atoms with van der Waals surface area (Å²) in [6.07, 6.45) is -0.467. The molecule has 0 bridgehead atoms. The Labute approximate surface area is 121 Å². The number of nitrogens with zero attached hydrogens (tertiary/aromatic N) is 2. The second-order valence-electron chi connectivity index (χ2n) is 5.79. The Hall–Kier alpha value is -1.66. The van der Waals surface area contributed by atoms with Crippen LogP contribution in [0, 0.1) is 5.92 Å². The summed E-state index contributed by atoms with van der Waals surface area (Å²) in [5.74, 6) is 1.06. The lowest BCUT2D eigenvalue weighted by Gasteiger charge is -2.25. The molecule has 0 amide bonds. The summed E-state index contributed by atoms with van der Waals surface area (Å²) in [7, 11) is 0. The van der Waals surface area contributed by atoms with Crippen molar-refractivity contribution in [2.45, 2.75) is 37.9 Å². The van der Waals surface area contributed by atoms with E-state index in [2.05, 4.69) is 4.98 Å². The molecule has 1 aromatic rings. The van der Waals surface area contributed by atoms with Crippen molar-refractivity contribution in [3.63, 3.8) is 0 Å². The van der Waals surface area contributed by atoms with Gasteiger partial charge in [0.15, 0.2) is 0 Å². The number of ether oxygens (including phenoxy) is 1. The van der Waals surface area contributed by atoms with Gasteiger partial charge < -0.3 is 15.4 Å². The molecule has 116 valence electrons. The fourth-order valence-corrected chi connectivity index (χ4v) is 2.17. The Balaban J connectivity index is 1.76. The molecule has 2 saturated carbocycles. The van der Waals surface area contributed by atoms with Gasteiger partial charge in [-0.1, -0.05) is 0 Å². The lowest BCUT2D eigenvalue weighted by molar-refractivity contribution is -0.120. The molecule has 7 heteroatoms. The van der Waals surface area contributed by atoms with Gasteiger partial charge in [0.2, 0.25) is 5.88 Å². The van der Waals surface area contributed by atoms with E-state index in [9.17, 15) is 13.2 Å². The fraction of sp³-hybridized carbons (Fsp3) is 0.643. The quantitative estimate of drug-likeness (QED) is 0.877. The van der Waals surface area contributed by atoms with Gasteiger partial charge >= 0.3 is 6.18 Å². The zero-order chi connectivity index (χ0) is 15.0. The van der Waals surface area contributed by atoms with E-state index in [1.807, 2.05) is 0 Å². The van der Waals surface area contributed by atoms with Crippen LogP contribution in [-0.4, -0.2) is 30.4 Å². The monoisotopic (exact) mass is 301 g/mol. The molecular weight excluding hydrogens is 283 g/mol. The third-order valence-corrected chi connectivity index (χ3v) is 3.66. The Bertz CT molecular complexity index is 513. The molecule has 0 aliphatic heterocycles. The van der Waals surface area contributed by atoms with E-state index in [0.717, 1.165) is 25.7 Å². The SMILES string of the molecule is Nc1ccc(N(CC(F)(F)F)C2CC2)nc1OCC1CC1. The van der Waals surface area contributed by atoms with Crippen LogP contribution < -0.4 is 15.4 Å². The molecule has 1 aromatic heterocycles. The van der Waals surface area contributed by atoms with Crippen molar-refractivity contribution in [3.8, 4) is 5.88 Å². The minimum Gasteiger partial charge on any atom is -0.476 e. The Kier molecular flexibility index (Phi) is 3.59. The van der Waals surface area contributed by atoms with Gasteiger partial charge in [-0.15, -0.1) is 0 Å². The van der Waals surface area contributed by atoms with E-state index >= 15 is 0 Å². The third kappa shape index (κ3) is 3.92. The van der Waals surface area contributed by atoms with Gasteiger partial charge in [0.1, 0.15) is 12.4 Å². The zero-order valence-electron chi connectivity index (χ0n) is 11.6. The molecule has 2 aliphatic carbocycles. The van der Waals surface area contributed by atoms with Crippen molar-refractivity contribution < 1.29 is 17.9 Å². The van der Waals surface area contributed by atoms with Gasteiger partial charge in [0, 0.05) is 6.04 Å². The fourth-order valence-electron chi connectivity index (χ4n) is 2.17. The van der Waals surface area contributed by atoms with Crippen molar-refractivity contribution in [1.82, 2.24) is 4.98 Å². The summed E-state index contributed by atoms with van der Waals surface area (Å²) >= 11 is 0. The molecule has 0 unspecified atom stereocenters. The van der Waals surface area contributed by atoms with Crippen LogP contribution in [-0.2, 0) is 0 Å². The summed E-state index contributed by atoms with van der Waals surface area (Å²) < 4.78 is 43.6. The first-order chi connectivity index (χ1) is 9.92. The minimum atomic E-state index is -4.25. The van der Waals surface area contributed by atoms with E-state index in [1.54, 1.807) is 6.07 Å². The molecule has 0 spiro atoms. The molecule has 21 heavy (non-hydrogen) atoms. The van der Waals surface area contributed by atoms with E-state index in [0.29, 0.717) is 18.2 Å². The van der Waals surface area contributed by atoms with Crippen molar-refractivity contribution >= 4 is 11.5 Å². The molecule has 2 aliphatic rings. The highest BCUT2D eigenvalue weighted by Crippen LogP contribution is 2.36. The van der Waals surface area contributed by atoms with Gasteiger partial charge in [-0.05, 0) is 43.7 Å². The molecule has 2 fully saturated rings. The highest BCUT2D eigenvalue weighted by molar-refractivity contribution is 5.55. The van der Waals surface area contributed by atoms with E-state index in [-0.39, 0.29) is 17.7 Å². The van der Waals surface area contributed by atoms with Crippen LogP contribution in [0.25, 0.3) is 0 Å². The van der Waals surface area contributed by atoms with Crippen LogP contribution in [0.2, 0.25) is 0 Å². The van der Waals surface area contributed by atoms with Crippen molar-refractivity contribution in [2.75, 3.05) is 23.8 Å². The highest BCUT2D eigenvalue weighted by Gasteiger charge is 2.39. The number of hydrogen-bond donors (Lipinski definition) is 1. The largest absolute Gasteiger partial charge is 0.476 e. The smallest absolute Gasteiger partial charge is 0.405 e. The molecular formula is C14H18F3N3O. The number of aromatic nitrogens is 1. The number of anilines is 2. The van der Waals surface area contributed by atoms with Gasteiger partial charge in [-0.2, -0.15) is 18.2 Å². The van der Waals surface area contributed by atoms with E-state index in [4.69, 9.17) is 10.5 Å². The molecule has 4 nitrogen and oxygen atoms in total. The minimum absolute atomic E-state index is 0.0842. The maximum absolute atomic E-state index is 12.7. The van der Waals surface area contributed by atoms with E-state index < -0.39 is 12.7 Å². The summed E-state index contributed by atoms with van der Waals surface area (Å²) in [6.45, 7) is -0.458. The second-order valence-corrected chi connectivity index (χ2v) is 5.79. The van der Waals surface area contributed by atoms with Crippen molar-refractivity contribution in [1.29, 1.82) is 0 Å². The van der Waals surface area contributed by atoms with Crippen LogP contribution in [0.3, 0.4) is 0 Å². The standard InChI is InChI=1S/C14H18F3N3O/c15-14(16,17)8-20(10-3-4-10)12-6-5-11(18)13(19-12)21-7-9-1-2-9/h5-6,9-10H,1-4,7-8,18H2. The average molecular weight is 301 g/mol. The van der Waals surface area contributed by atoms with Gasteiger partial charge in [-0.25, -0.2) is 0 Å². The van der Waals surface area contributed by atoms with Gasteiger partial charge in [0.05, 0.1) is 12.3 Å². The number of rotatable bonds is 6. The Morgan fingerprint density at radius 3 is 2.52 bits per heavy atom. The Morgan fingerprint density at radius 1 is 1.24 bits per heavy atom. The van der Waals surface area contributed by atoms with E-state index in [1.165, 1.54) is 11.0 Å². The Morgan fingerprint density at radius 2 is 1.95 bits per heavy atom. The third-order valence-electron chi connectivity index (χ3n) is 3.66. The first-order valence-corrected chi connectivity index (χ1v) is 7.15. The first-order valence-electron chi connectivity index (χ1n) is 7.15. The van der Waals surface area contributed by atoms with Crippen LogP contribution in [0.5, 0.6) is 5.88 Å². The van der Waals surface area contributed by atoms with Crippen LogP contribution in [0.4, 0.5) is 24.7 Å². The van der Waals surface area contributed by atoms with Crippen molar-refractivity contribution in [3.05, 3.63) is 12.1 Å². The lowest BCUT2D eigenvalue weighted by Crippen LogP contribution is -2.36. The zero-order valence-corrected chi connectivity index (χ0v) is 11.6. The maximum Gasteiger partial charge on any atom is 0.405 e. The number of nitrogen functional groups attached to an aromatic ring is 1. The molecule has 3 rings (SSSR count). The molecule has 2 N–H and O–H groups in total. The van der Waals surface area contributed by atoms with Gasteiger partial charge in [-0.3, -0.25) is 0 Å². The summed E-state index contributed by atoms with van der Waals surface area (Å²) in [5.41, 5.74) is 6.15. The average Bonchev–Trinajstić information content (AvgIpc) is 3.26. The summed E-state index contributed by atoms with van der Waals surface area (Å²) in [4.78, 5) is 5.49. The lowest BCUT2D eigenvalue weighted by atomic mass is 10.3. The molecule has 1 heterocycles.